The standard InChI is InChI=1S/C12H16BFO4/c1-8-2-4-10(18-8)7-17-12-6-9(14)3-5-11(12)13(15)16/h3,5-6,8,10,15-16H,2,4,7H2,1H3. The van der Waals surface area contributed by atoms with Crippen LogP contribution in [-0.2, 0) is 4.74 Å². The maximum atomic E-state index is 13.1. The predicted octanol–water partition coefficient (Wildman–Crippen LogP) is 0.452. The zero-order valence-corrected chi connectivity index (χ0v) is 10.2. The Hall–Kier alpha value is -1.11. The Kier molecular flexibility index (Phi) is 4.21. The Labute approximate surface area is 105 Å². The van der Waals surface area contributed by atoms with Crippen LogP contribution in [0.25, 0.3) is 0 Å². The first-order valence-corrected chi connectivity index (χ1v) is 6.00. The number of ether oxygens (including phenoxy) is 2. The van der Waals surface area contributed by atoms with E-state index < -0.39 is 12.9 Å². The monoisotopic (exact) mass is 254 g/mol. The second kappa shape index (κ2) is 5.69. The summed E-state index contributed by atoms with van der Waals surface area (Å²) in [5.41, 5.74) is 0.155. The lowest BCUT2D eigenvalue weighted by Crippen LogP contribution is -2.32. The van der Waals surface area contributed by atoms with Crippen LogP contribution in [0.5, 0.6) is 5.75 Å². The summed E-state index contributed by atoms with van der Waals surface area (Å²) < 4.78 is 24.1. The largest absolute Gasteiger partial charge is 0.492 e. The number of hydrogen-bond acceptors (Lipinski definition) is 4. The van der Waals surface area contributed by atoms with Crippen molar-refractivity contribution in [3.8, 4) is 5.75 Å². The lowest BCUT2D eigenvalue weighted by Gasteiger charge is -2.15. The normalized spacial score (nSPS) is 23.1. The summed E-state index contributed by atoms with van der Waals surface area (Å²) in [5.74, 6) is -0.330. The highest BCUT2D eigenvalue weighted by Crippen LogP contribution is 2.20. The van der Waals surface area contributed by atoms with Gasteiger partial charge in [0.2, 0.25) is 0 Å². The van der Waals surface area contributed by atoms with Crippen LogP contribution in [0.4, 0.5) is 4.39 Å². The minimum Gasteiger partial charge on any atom is -0.491 e. The summed E-state index contributed by atoms with van der Waals surface area (Å²) in [6, 6.07) is 3.61. The van der Waals surface area contributed by atoms with E-state index in [0.29, 0.717) is 0 Å². The molecule has 6 heteroatoms. The van der Waals surface area contributed by atoms with E-state index in [-0.39, 0.29) is 30.0 Å². The topological polar surface area (TPSA) is 58.9 Å². The summed E-state index contributed by atoms with van der Waals surface area (Å²) in [5, 5.41) is 18.3. The smallest absolute Gasteiger partial charge is 0.491 e. The minimum absolute atomic E-state index is 0.0213. The third-order valence-corrected chi connectivity index (χ3v) is 3.00. The van der Waals surface area contributed by atoms with Crippen molar-refractivity contribution in [1.82, 2.24) is 0 Å². The van der Waals surface area contributed by atoms with Crippen LogP contribution in [0.2, 0.25) is 0 Å². The third-order valence-electron chi connectivity index (χ3n) is 3.00. The van der Waals surface area contributed by atoms with Crippen molar-refractivity contribution < 1.29 is 23.9 Å². The average molecular weight is 254 g/mol. The van der Waals surface area contributed by atoms with Crippen molar-refractivity contribution in [2.45, 2.75) is 32.0 Å². The zero-order valence-electron chi connectivity index (χ0n) is 10.2. The zero-order chi connectivity index (χ0) is 13.1. The SMILES string of the molecule is CC1CCC(COc2cc(F)ccc2B(O)O)O1. The Bertz CT molecular complexity index is 413. The molecule has 0 radical (unpaired) electrons. The van der Waals surface area contributed by atoms with Crippen molar-refractivity contribution in [1.29, 1.82) is 0 Å². The molecular weight excluding hydrogens is 238 g/mol. The summed E-state index contributed by atoms with van der Waals surface area (Å²) >= 11 is 0. The lowest BCUT2D eigenvalue weighted by molar-refractivity contribution is 0.0266. The molecule has 18 heavy (non-hydrogen) atoms. The maximum Gasteiger partial charge on any atom is 0.492 e. The molecule has 1 aliphatic heterocycles. The van der Waals surface area contributed by atoms with Crippen LogP contribution >= 0.6 is 0 Å². The highest BCUT2D eigenvalue weighted by molar-refractivity contribution is 6.59. The molecule has 4 nitrogen and oxygen atoms in total. The second-order valence-corrected chi connectivity index (χ2v) is 4.51. The Morgan fingerprint density at radius 2 is 2.22 bits per heavy atom. The molecule has 1 aromatic rings. The molecule has 0 saturated carbocycles. The highest BCUT2D eigenvalue weighted by Gasteiger charge is 2.24. The van der Waals surface area contributed by atoms with E-state index in [1.165, 1.54) is 6.07 Å². The molecule has 1 heterocycles. The van der Waals surface area contributed by atoms with Crippen LogP contribution in [0.1, 0.15) is 19.8 Å². The van der Waals surface area contributed by atoms with E-state index in [1.807, 2.05) is 6.92 Å². The van der Waals surface area contributed by atoms with Crippen molar-refractivity contribution in [2.75, 3.05) is 6.61 Å². The summed E-state index contributed by atoms with van der Waals surface area (Å²) in [6.07, 6.45) is 2.07. The fraction of sp³-hybridized carbons (Fsp3) is 0.500. The van der Waals surface area contributed by atoms with E-state index in [0.717, 1.165) is 25.0 Å². The van der Waals surface area contributed by atoms with Gasteiger partial charge in [0, 0.05) is 11.5 Å². The van der Waals surface area contributed by atoms with Crippen molar-refractivity contribution in [3.63, 3.8) is 0 Å². The summed E-state index contributed by atoms with van der Waals surface area (Å²) in [4.78, 5) is 0. The molecule has 2 atom stereocenters. The molecule has 1 aliphatic rings. The fourth-order valence-corrected chi connectivity index (χ4v) is 2.04. The lowest BCUT2D eigenvalue weighted by atomic mass is 9.79. The fourth-order valence-electron chi connectivity index (χ4n) is 2.04. The van der Waals surface area contributed by atoms with Gasteiger partial charge in [-0.05, 0) is 25.8 Å². The minimum atomic E-state index is -1.68. The molecular formula is C12H16BFO4. The van der Waals surface area contributed by atoms with Crippen molar-refractivity contribution in [3.05, 3.63) is 24.0 Å². The first-order chi connectivity index (χ1) is 8.56. The van der Waals surface area contributed by atoms with Gasteiger partial charge in [-0.25, -0.2) is 4.39 Å². The van der Waals surface area contributed by atoms with Crippen LogP contribution in [0.15, 0.2) is 18.2 Å². The van der Waals surface area contributed by atoms with Crippen molar-refractivity contribution >= 4 is 12.6 Å². The molecule has 2 N–H and O–H groups in total. The molecule has 0 aromatic heterocycles. The number of rotatable bonds is 4. The van der Waals surface area contributed by atoms with Gasteiger partial charge in [-0.3, -0.25) is 0 Å². The van der Waals surface area contributed by atoms with Gasteiger partial charge >= 0.3 is 7.12 Å². The van der Waals surface area contributed by atoms with Gasteiger partial charge in [0.05, 0.1) is 12.2 Å². The van der Waals surface area contributed by atoms with Crippen LogP contribution in [-0.4, -0.2) is 36.0 Å². The van der Waals surface area contributed by atoms with Gasteiger partial charge < -0.3 is 19.5 Å². The quantitative estimate of drug-likeness (QED) is 0.766. The predicted molar refractivity (Wildman–Crippen MR) is 65.3 cm³/mol. The first kappa shape index (κ1) is 13.3. The molecule has 98 valence electrons. The van der Waals surface area contributed by atoms with Gasteiger partial charge in [0.1, 0.15) is 18.2 Å². The number of halogens is 1. The maximum absolute atomic E-state index is 13.1. The van der Waals surface area contributed by atoms with Gasteiger partial charge in [0.25, 0.3) is 0 Å². The van der Waals surface area contributed by atoms with E-state index >= 15 is 0 Å². The average Bonchev–Trinajstić information content (AvgIpc) is 2.72. The van der Waals surface area contributed by atoms with Gasteiger partial charge in [0.15, 0.2) is 0 Å². The molecule has 0 spiro atoms. The molecule has 0 aliphatic carbocycles. The van der Waals surface area contributed by atoms with Gasteiger partial charge in [-0.15, -0.1) is 0 Å². The van der Waals surface area contributed by atoms with Crippen LogP contribution in [0.3, 0.4) is 0 Å². The number of hydrogen-bond donors (Lipinski definition) is 2. The molecule has 1 fully saturated rings. The summed E-state index contributed by atoms with van der Waals surface area (Å²) in [6.45, 7) is 2.28. The van der Waals surface area contributed by atoms with E-state index in [9.17, 15) is 4.39 Å². The number of benzene rings is 1. The van der Waals surface area contributed by atoms with Gasteiger partial charge in [-0.2, -0.15) is 0 Å². The van der Waals surface area contributed by atoms with E-state index in [1.54, 1.807) is 0 Å². The molecule has 0 amide bonds. The van der Waals surface area contributed by atoms with Gasteiger partial charge in [-0.1, -0.05) is 6.07 Å². The van der Waals surface area contributed by atoms with Crippen LogP contribution < -0.4 is 10.2 Å². The Morgan fingerprint density at radius 3 is 2.83 bits per heavy atom. The molecule has 2 unspecified atom stereocenters. The second-order valence-electron chi connectivity index (χ2n) is 4.51. The summed E-state index contributed by atoms with van der Waals surface area (Å²) in [7, 11) is -1.68. The first-order valence-electron chi connectivity index (χ1n) is 6.00. The van der Waals surface area contributed by atoms with E-state index in [2.05, 4.69) is 0 Å². The molecule has 1 aromatic carbocycles. The van der Waals surface area contributed by atoms with E-state index in [4.69, 9.17) is 19.5 Å². The molecule has 2 rings (SSSR count). The molecule has 0 bridgehead atoms. The highest BCUT2D eigenvalue weighted by atomic mass is 19.1. The Balaban J connectivity index is 2.01. The molecule has 1 saturated heterocycles. The third kappa shape index (κ3) is 3.22. The van der Waals surface area contributed by atoms with Crippen molar-refractivity contribution in [2.24, 2.45) is 0 Å². The van der Waals surface area contributed by atoms with Crippen LogP contribution in [0, 0.1) is 5.82 Å². The Morgan fingerprint density at radius 1 is 1.44 bits per heavy atom.